The third-order valence-corrected chi connectivity index (χ3v) is 2.31. The van der Waals surface area contributed by atoms with Gasteiger partial charge in [0.2, 0.25) is 0 Å². The van der Waals surface area contributed by atoms with Gasteiger partial charge in [-0.1, -0.05) is 28.4 Å². The third-order valence-electron chi connectivity index (χ3n) is 1.87. The van der Waals surface area contributed by atoms with E-state index < -0.39 is 0 Å². The van der Waals surface area contributed by atoms with Crippen LogP contribution < -0.4 is 0 Å². The summed E-state index contributed by atoms with van der Waals surface area (Å²) in [5.74, 6) is 0. The molecule has 0 spiro atoms. The van der Waals surface area contributed by atoms with Crippen LogP contribution in [0, 0.1) is 0 Å². The molecule has 0 atom stereocenters. The van der Waals surface area contributed by atoms with Gasteiger partial charge in [0.05, 0.1) is 24.2 Å². The summed E-state index contributed by atoms with van der Waals surface area (Å²) in [6.45, 7) is -0.142. The van der Waals surface area contributed by atoms with Crippen molar-refractivity contribution in [3.8, 4) is 5.69 Å². The van der Waals surface area contributed by atoms with E-state index in [0.717, 1.165) is 0 Å². The maximum Gasteiger partial charge on any atom is 0.0900 e. The highest BCUT2D eigenvalue weighted by Gasteiger charge is 2.06. The summed E-state index contributed by atoms with van der Waals surface area (Å²) in [4.78, 5) is 0. The molecule has 4 nitrogen and oxygen atoms in total. The Balaban J connectivity index is 2.53. The molecule has 6 heteroatoms. The summed E-state index contributed by atoms with van der Waals surface area (Å²) < 4.78 is 1.48. The zero-order chi connectivity index (χ0) is 10.8. The van der Waals surface area contributed by atoms with Crippen molar-refractivity contribution in [1.29, 1.82) is 0 Å². The Labute approximate surface area is 96.0 Å². The number of nitrogens with zero attached hydrogens (tertiary/aromatic N) is 3. The number of aliphatic hydroxyl groups is 1. The van der Waals surface area contributed by atoms with Gasteiger partial charge in [-0.15, -0.1) is 5.10 Å². The molecule has 0 saturated heterocycles. The summed E-state index contributed by atoms with van der Waals surface area (Å²) in [5, 5.41) is 17.6. The predicted octanol–water partition coefficient (Wildman–Crippen LogP) is 2.07. The van der Waals surface area contributed by atoms with Crippen LogP contribution in [-0.2, 0) is 6.61 Å². The first-order valence-electron chi connectivity index (χ1n) is 4.17. The van der Waals surface area contributed by atoms with E-state index in [9.17, 15) is 0 Å². The average Bonchev–Trinajstić information content (AvgIpc) is 2.63. The Morgan fingerprint density at radius 3 is 2.47 bits per heavy atom. The van der Waals surface area contributed by atoms with Gasteiger partial charge in [0, 0.05) is 10.0 Å². The molecule has 0 radical (unpaired) electrons. The first-order valence-corrected chi connectivity index (χ1v) is 4.93. The minimum atomic E-state index is -0.142. The first-order chi connectivity index (χ1) is 7.20. The topological polar surface area (TPSA) is 50.9 Å². The van der Waals surface area contributed by atoms with Crippen molar-refractivity contribution < 1.29 is 5.11 Å². The molecule has 1 heterocycles. The van der Waals surface area contributed by atoms with Crippen LogP contribution in [0.4, 0.5) is 0 Å². The van der Waals surface area contributed by atoms with Crippen molar-refractivity contribution >= 4 is 23.2 Å². The Morgan fingerprint density at radius 2 is 1.87 bits per heavy atom. The highest BCUT2D eigenvalue weighted by atomic mass is 35.5. The molecule has 78 valence electrons. The molecule has 0 saturated carbocycles. The van der Waals surface area contributed by atoms with Gasteiger partial charge in [0.1, 0.15) is 0 Å². The maximum absolute atomic E-state index is 9.04. The minimum Gasteiger partial charge on any atom is -0.390 e. The second-order valence-electron chi connectivity index (χ2n) is 2.92. The molecule has 1 N–H and O–H groups in total. The largest absolute Gasteiger partial charge is 0.390 e. The smallest absolute Gasteiger partial charge is 0.0900 e. The second-order valence-corrected chi connectivity index (χ2v) is 3.80. The Kier molecular flexibility index (Phi) is 2.90. The van der Waals surface area contributed by atoms with Gasteiger partial charge in [-0.3, -0.25) is 0 Å². The number of aliphatic hydroxyl groups excluding tert-OH is 1. The van der Waals surface area contributed by atoms with E-state index in [1.165, 1.54) is 10.9 Å². The summed E-state index contributed by atoms with van der Waals surface area (Å²) >= 11 is 11.7. The predicted molar refractivity (Wildman–Crippen MR) is 57.3 cm³/mol. The van der Waals surface area contributed by atoms with E-state index in [2.05, 4.69) is 10.3 Å². The average molecular weight is 244 g/mol. The zero-order valence-electron chi connectivity index (χ0n) is 7.56. The van der Waals surface area contributed by atoms with E-state index in [1.807, 2.05) is 0 Å². The van der Waals surface area contributed by atoms with Crippen molar-refractivity contribution in [3.63, 3.8) is 0 Å². The van der Waals surface area contributed by atoms with Crippen molar-refractivity contribution in [2.24, 2.45) is 0 Å². The fourth-order valence-electron chi connectivity index (χ4n) is 1.24. The Hall–Kier alpha value is -1.10. The molecule has 1 aromatic carbocycles. The molecule has 0 fully saturated rings. The van der Waals surface area contributed by atoms with Crippen LogP contribution in [0.1, 0.15) is 5.69 Å². The molecule has 0 aliphatic rings. The highest BCUT2D eigenvalue weighted by molar-refractivity contribution is 6.34. The minimum absolute atomic E-state index is 0.142. The fourth-order valence-corrected chi connectivity index (χ4v) is 1.76. The van der Waals surface area contributed by atoms with E-state index in [-0.39, 0.29) is 6.61 Å². The SMILES string of the molecule is OCc1cnnn1-c1cc(Cl)cc(Cl)c1. The second kappa shape index (κ2) is 4.18. The highest BCUT2D eigenvalue weighted by Crippen LogP contribution is 2.21. The maximum atomic E-state index is 9.04. The Bertz CT molecular complexity index is 464. The van der Waals surface area contributed by atoms with Crippen LogP contribution >= 0.6 is 23.2 Å². The van der Waals surface area contributed by atoms with Gasteiger partial charge in [0.15, 0.2) is 0 Å². The number of halogens is 2. The first kappa shape index (κ1) is 10.4. The molecule has 15 heavy (non-hydrogen) atoms. The van der Waals surface area contributed by atoms with Crippen LogP contribution in [-0.4, -0.2) is 20.1 Å². The van der Waals surface area contributed by atoms with E-state index in [4.69, 9.17) is 28.3 Å². The van der Waals surface area contributed by atoms with Gasteiger partial charge in [-0.25, -0.2) is 4.68 Å². The normalized spacial score (nSPS) is 10.6. The number of rotatable bonds is 2. The lowest BCUT2D eigenvalue weighted by atomic mass is 10.3. The lowest BCUT2D eigenvalue weighted by Gasteiger charge is -2.05. The molecular formula is C9H7Cl2N3O. The van der Waals surface area contributed by atoms with Crippen molar-refractivity contribution in [3.05, 3.63) is 40.1 Å². The number of hydrogen-bond acceptors (Lipinski definition) is 3. The quantitative estimate of drug-likeness (QED) is 0.879. The molecule has 2 rings (SSSR count). The van der Waals surface area contributed by atoms with Crippen LogP contribution in [0.25, 0.3) is 5.69 Å². The lowest BCUT2D eigenvalue weighted by molar-refractivity contribution is 0.273. The summed E-state index contributed by atoms with van der Waals surface area (Å²) in [5.41, 5.74) is 1.25. The van der Waals surface area contributed by atoms with Crippen LogP contribution in [0.15, 0.2) is 24.4 Å². The molecular weight excluding hydrogens is 237 g/mol. The molecule has 1 aromatic heterocycles. The van der Waals surface area contributed by atoms with Crippen molar-refractivity contribution in [2.75, 3.05) is 0 Å². The van der Waals surface area contributed by atoms with Gasteiger partial charge in [0.25, 0.3) is 0 Å². The summed E-state index contributed by atoms with van der Waals surface area (Å²) in [7, 11) is 0. The number of aromatic nitrogens is 3. The van der Waals surface area contributed by atoms with Crippen molar-refractivity contribution in [2.45, 2.75) is 6.61 Å². The molecule has 2 aromatic rings. The van der Waals surface area contributed by atoms with Gasteiger partial charge >= 0.3 is 0 Å². The van der Waals surface area contributed by atoms with Gasteiger partial charge in [-0.2, -0.15) is 0 Å². The number of benzene rings is 1. The third kappa shape index (κ3) is 2.12. The molecule has 0 aliphatic carbocycles. The fraction of sp³-hybridized carbons (Fsp3) is 0.111. The standard InChI is InChI=1S/C9H7Cl2N3O/c10-6-1-7(11)3-8(2-6)14-9(5-15)4-12-13-14/h1-4,15H,5H2. The van der Waals surface area contributed by atoms with Gasteiger partial charge < -0.3 is 5.11 Å². The Morgan fingerprint density at radius 1 is 1.20 bits per heavy atom. The lowest BCUT2D eigenvalue weighted by Crippen LogP contribution is -2.02. The van der Waals surface area contributed by atoms with Crippen molar-refractivity contribution in [1.82, 2.24) is 15.0 Å². The number of hydrogen-bond donors (Lipinski definition) is 1. The monoisotopic (exact) mass is 243 g/mol. The molecule has 0 amide bonds. The van der Waals surface area contributed by atoms with Crippen LogP contribution in [0.2, 0.25) is 10.0 Å². The molecule has 0 bridgehead atoms. The molecule has 0 unspecified atom stereocenters. The van der Waals surface area contributed by atoms with E-state index in [1.54, 1.807) is 18.2 Å². The molecule has 0 aliphatic heterocycles. The summed E-state index contributed by atoms with van der Waals surface area (Å²) in [6.07, 6.45) is 1.48. The van der Waals surface area contributed by atoms with E-state index >= 15 is 0 Å². The zero-order valence-corrected chi connectivity index (χ0v) is 9.07. The van der Waals surface area contributed by atoms with E-state index in [0.29, 0.717) is 21.4 Å². The van der Waals surface area contributed by atoms with Crippen LogP contribution in [0.3, 0.4) is 0 Å². The van der Waals surface area contributed by atoms with Gasteiger partial charge in [-0.05, 0) is 18.2 Å². The van der Waals surface area contributed by atoms with Crippen LogP contribution in [0.5, 0.6) is 0 Å². The summed E-state index contributed by atoms with van der Waals surface area (Å²) in [6, 6.07) is 5.02.